The summed E-state index contributed by atoms with van der Waals surface area (Å²) in [6.07, 6.45) is 3.27. The predicted octanol–water partition coefficient (Wildman–Crippen LogP) is 2.01. The van der Waals surface area contributed by atoms with Gasteiger partial charge in [-0.1, -0.05) is 0 Å². The van der Waals surface area contributed by atoms with E-state index in [-0.39, 0.29) is 24.2 Å². The molecule has 6 heteroatoms. The third-order valence-corrected chi connectivity index (χ3v) is 2.50. The molecule has 0 radical (unpaired) electrons. The minimum atomic E-state index is -0.330. The Hall–Kier alpha value is -2.24. The average Bonchev–Trinajstić information content (AvgIpc) is 2.85. The third-order valence-electron chi connectivity index (χ3n) is 2.50. The monoisotopic (exact) mass is 248 g/mol. The van der Waals surface area contributed by atoms with Gasteiger partial charge in [0.25, 0.3) is 0 Å². The molecule has 0 bridgehead atoms. The molecule has 94 valence electrons. The Morgan fingerprint density at radius 2 is 2.17 bits per heavy atom. The summed E-state index contributed by atoms with van der Waals surface area (Å²) in [6.45, 7) is 1.87. The summed E-state index contributed by atoms with van der Waals surface area (Å²) in [6, 6.07) is 5.57. The van der Waals surface area contributed by atoms with Crippen molar-refractivity contribution in [2.45, 2.75) is 19.4 Å². The highest BCUT2D eigenvalue weighted by Gasteiger charge is 2.11. The van der Waals surface area contributed by atoms with E-state index in [1.54, 1.807) is 11.0 Å². The summed E-state index contributed by atoms with van der Waals surface area (Å²) in [5.41, 5.74) is 0.576. The van der Waals surface area contributed by atoms with Crippen molar-refractivity contribution in [2.75, 3.05) is 5.32 Å². The van der Waals surface area contributed by atoms with Gasteiger partial charge in [-0.2, -0.15) is 5.10 Å². The molecule has 1 aromatic carbocycles. The SMILES string of the molecule is C[C@H](CC(=O)Nc1ccc(F)cc1)n1cncn1. The van der Waals surface area contributed by atoms with Gasteiger partial charge in [0.05, 0.1) is 6.04 Å². The molecule has 2 aromatic rings. The second-order valence-electron chi connectivity index (χ2n) is 3.98. The minimum absolute atomic E-state index is 0.0760. The van der Waals surface area contributed by atoms with Crippen molar-refractivity contribution >= 4 is 11.6 Å². The molecular formula is C12H13FN4O. The number of amides is 1. The molecular weight excluding hydrogens is 235 g/mol. The number of carbonyl (C=O) groups is 1. The van der Waals surface area contributed by atoms with Gasteiger partial charge in [-0.25, -0.2) is 14.1 Å². The van der Waals surface area contributed by atoms with E-state index in [9.17, 15) is 9.18 Å². The topological polar surface area (TPSA) is 59.8 Å². The molecule has 5 nitrogen and oxygen atoms in total. The fraction of sp³-hybridized carbons (Fsp3) is 0.250. The van der Waals surface area contributed by atoms with Crippen LogP contribution in [0.25, 0.3) is 0 Å². The second kappa shape index (κ2) is 5.39. The van der Waals surface area contributed by atoms with Gasteiger partial charge in [0.2, 0.25) is 5.91 Å². The van der Waals surface area contributed by atoms with Crippen molar-refractivity contribution in [1.29, 1.82) is 0 Å². The molecule has 0 saturated carbocycles. The van der Waals surface area contributed by atoms with Crippen molar-refractivity contribution in [3.63, 3.8) is 0 Å². The van der Waals surface area contributed by atoms with E-state index >= 15 is 0 Å². The van der Waals surface area contributed by atoms with E-state index in [0.29, 0.717) is 5.69 Å². The van der Waals surface area contributed by atoms with Crippen LogP contribution in [0, 0.1) is 5.82 Å². The zero-order chi connectivity index (χ0) is 13.0. The van der Waals surface area contributed by atoms with Gasteiger partial charge in [0.1, 0.15) is 18.5 Å². The smallest absolute Gasteiger partial charge is 0.226 e. The largest absolute Gasteiger partial charge is 0.326 e. The molecule has 1 aromatic heterocycles. The summed E-state index contributed by atoms with van der Waals surface area (Å²) in [5, 5.41) is 6.66. The number of carbonyl (C=O) groups excluding carboxylic acids is 1. The van der Waals surface area contributed by atoms with Gasteiger partial charge in [0, 0.05) is 12.1 Å². The standard InChI is InChI=1S/C12H13FN4O/c1-9(17-8-14-7-15-17)6-12(18)16-11-4-2-10(13)3-5-11/h2-5,7-9H,6H2,1H3,(H,16,18)/t9-/m1/s1. The first-order valence-electron chi connectivity index (χ1n) is 5.54. The van der Waals surface area contributed by atoms with Crippen LogP contribution in [0.15, 0.2) is 36.9 Å². The molecule has 1 amide bonds. The minimum Gasteiger partial charge on any atom is -0.326 e. The maximum atomic E-state index is 12.7. The number of hydrogen-bond acceptors (Lipinski definition) is 3. The number of nitrogens with zero attached hydrogens (tertiary/aromatic N) is 3. The highest BCUT2D eigenvalue weighted by atomic mass is 19.1. The van der Waals surface area contributed by atoms with Gasteiger partial charge >= 0.3 is 0 Å². The Morgan fingerprint density at radius 1 is 1.44 bits per heavy atom. The summed E-state index contributed by atoms with van der Waals surface area (Å²) >= 11 is 0. The van der Waals surface area contributed by atoms with E-state index in [0.717, 1.165) is 0 Å². The van der Waals surface area contributed by atoms with Crippen LogP contribution in [0.3, 0.4) is 0 Å². The summed E-state index contributed by atoms with van der Waals surface area (Å²) < 4.78 is 14.3. The van der Waals surface area contributed by atoms with Crippen LogP contribution in [0.5, 0.6) is 0 Å². The van der Waals surface area contributed by atoms with Crippen LogP contribution in [0.2, 0.25) is 0 Å². The zero-order valence-corrected chi connectivity index (χ0v) is 9.88. The summed E-state index contributed by atoms with van der Waals surface area (Å²) in [4.78, 5) is 15.6. The number of aromatic nitrogens is 3. The quantitative estimate of drug-likeness (QED) is 0.900. The van der Waals surface area contributed by atoms with Crippen molar-refractivity contribution in [3.8, 4) is 0 Å². The van der Waals surface area contributed by atoms with E-state index < -0.39 is 0 Å². The highest BCUT2D eigenvalue weighted by Crippen LogP contribution is 2.12. The molecule has 1 heterocycles. The van der Waals surface area contributed by atoms with E-state index in [1.165, 1.54) is 30.6 Å². The van der Waals surface area contributed by atoms with Gasteiger partial charge in [-0.3, -0.25) is 4.79 Å². The van der Waals surface area contributed by atoms with Crippen LogP contribution in [0.4, 0.5) is 10.1 Å². The molecule has 0 aliphatic heterocycles. The molecule has 18 heavy (non-hydrogen) atoms. The lowest BCUT2D eigenvalue weighted by Gasteiger charge is -2.11. The van der Waals surface area contributed by atoms with Gasteiger partial charge in [0.15, 0.2) is 0 Å². The first-order chi connectivity index (χ1) is 8.65. The van der Waals surface area contributed by atoms with Crippen molar-refractivity contribution in [1.82, 2.24) is 14.8 Å². The van der Waals surface area contributed by atoms with Crippen LogP contribution < -0.4 is 5.32 Å². The van der Waals surface area contributed by atoms with E-state index in [2.05, 4.69) is 15.4 Å². The lowest BCUT2D eigenvalue weighted by molar-refractivity contribution is -0.116. The molecule has 0 aliphatic carbocycles. The Bertz CT molecular complexity index is 509. The second-order valence-corrected chi connectivity index (χ2v) is 3.98. The van der Waals surface area contributed by atoms with Crippen molar-refractivity contribution < 1.29 is 9.18 Å². The molecule has 0 aliphatic rings. The van der Waals surface area contributed by atoms with Crippen LogP contribution in [-0.4, -0.2) is 20.7 Å². The lowest BCUT2D eigenvalue weighted by atomic mass is 10.2. The fourth-order valence-corrected chi connectivity index (χ4v) is 1.55. The number of anilines is 1. The zero-order valence-electron chi connectivity index (χ0n) is 9.88. The number of hydrogen-bond donors (Lipinski definition) is 1. The molecule has 1 N–H and O–H groups in total. The maximum Gasteiger partial charge on any atom is 0.226 e. The molecule has 0 spiro atoms. The number of nitrogens with one attached hydrogen (secondary N) is 1. The Morgan fingerprint density at radius 3 is 2.78 bits per heavy atom. The number of rotatable bonds is 4. The summed E-state index contributed by atoms with van der Waals surface area (Å²) in [7, 11) is 0. The number of halogens is 1. The first-order valence-corrected chi connectivity index (χ1v) is 5.54. The Kier molecular flexibility index (Phi) is 3.66. The van der Waals surface area contributed by atoms with Gasteiger partial charge < -0.3 is 5.32 Å². The fourth-order valence-electron chi connectivity index (χ4n) is 1.55. The van der Waals surface area contributed by atoms with Crippen LogP contribution >= 0.6 is 0 Å². The van der Waals surface area contributed by atoms with Crippen LogP contribution in [-0.2, 0) is 4.79 Å². The molecule has 0 saturated heterocycles. The van der Waals surface area contributed by atoms with Gasteiger partial charge in [-0.15, -0.1) is 0 Å². The van der Waals surface area contributed by atoms with E-state index in [4.69, 9.17) is 0 Å². The Labute approximate surface area is 104 Å². The normalized spacial score (nSPS) is 12.1. The predicted molar refractivity (Wildman–Crippen MR) is 64.4 cm³/mol. The Balaban J connectivity index is 1.91. The molecule has 0 fully saturated rings. The molecule has 1 atom stereocenters. The van der Waals surface area contributed by atoms with Gasteiger partial charge in [-0.05, 0) is 31.2 Å². The third kappa shape index (κ3) is 3.13. The van der Waals surface area contributed by atoms with Crippen LogP contribution in [0.1, 0.15) is 19.4 Å². The highest BCUT2D eigenvalue weighted by molar-refractivity contribution is 5.90. The molecule has 2 rings (SSSR count). The average molecular weight is 248 g/mol. The van der Waals surface area contributed by atoms with Crippen molar-refractivity contribution in [2.24, 2.45) is 0 Å². The molecule has 0 unspecified atom stereocenters. The van der Waals surface area contributed by atoms with E-state index in [1.807, 2.05) is 6.92 Å². The number of benzene rings is 1. The van der Waals surface area contributed by atoms with Crippen molar-refractivity contribution in [3.05, 3.63) is 42.7 Å². The lowest BCUT2D eigenvalue weighted by Crippen LogP contribution is -2.17. The summed E-state index contributed by atoms with van der Waals surface area (Å²) in [5.74, 6) is -0.478. The first kappa shape index (κ1) is 12.2. The maximum absolute atomic E-state index is 12.7.